The molecule has 0 amide bonds. The molecule has 0 saturated heterocycles. The van der Waals surface area contributed by atoms with E-state index < -0.39 is 28.1 Å². The molecule has 0 spiro atoms. The van der Waals surface area contributed by atoms with Crippen LogP contribution in [0, 0.1) is 10.1 Å². The van der Waals surface area contributed by atoms with E-state index in [2.05, 4.69) is 10.5 Å². The number of hydrazone groups is 1. The molecule has 2 aromatic rings. The standard InChI is InChI=1S/C14H10F3N3O3/c15-14(16,17)10-3-1-2-4-11(10)19-18-8-9-5-6-13(21)12(7-9)20(22)23/h1-8,19,21H/b18-8-. The van der Waals surface area contributed by atoms with Gasteiger partial charge in [0.15, 0.2) is 5.75 Å². The van der Waals surface area contributed by atoms with E-state index in [-0.39, 0.29) is 11.3 Å². The van der Waals surface area contributed by atoms with Gasteiger partial charge in [-0.3, -0.25) is 15.5 Å². The molecular formula is C14H10F3N3O3. The zero-order chi connectivity index (χ0) is 17.0. The van der Waals surface area contributed by atoms with E-state index in [1.807, 2.05) is 0 Å². The highest BCUT2D eigenvalue weighted by molar-refractivity contribution is 5.82. The highest BCUT2D eigenvalue weighted by Crippen LogP contribution is 2.34. The number of hydrogen-bond donors (Lipinski definition) is 2. The number of phenolic OH excluding ortho intramolecular Hbond substituents is 1. The second-order valence-corrected chi connectivity index (χ2v) is 4.42. The number of nitrogens with zero attached hydrogens (tertiary/aromatic N) is 2. The summed E-state index contributed by atoms with van der Waals surface area (Å²) in [5, 5.41) is 23.6. The van der Waals surface area contributed by atoms with Gasteiger partial charge in [-0.25, -0.2) is 0 Å². The lowest BCUT2D eigenvalue weighted by atomic mass is 10.2. The predicted molar refractivity (Wildman–Crippen MR) is 77.4 cm³/mol. The first kappa shape index (κ1) is 16.3. The number of halogens is 3. The maximum atomic E-state index is 12.8. The van der Waals surface area contributed by atoms with Crippen molar-refractivity contribution in [2.45, 2.75) is 6.18 Å². The summed E-state index contributed by atoms with van der Waals surface area (Å²) >= 11 is 0. The third kappa shape index (κ3) is 3.96. The van der Waals surface area contributed by atoms with E-state index in [0.29, 0.717) is 0 Å². The molecule has 0 bridgehead atoms. The van der Waals surface area contributed by atoms with Crippen LogP contribution in [0.4, 0.5) is 24.5 Å². The smallest absolute Gasteiger partial charge is 0.418 e. The number of nitrogens with one attached hydrogen (secondary N) is 1. The summed E-state index contributed by atoms with van der Waals surface area (Å²) < 4.78 is 38.4. The molecular weight excluding hydrogens is 315 g/mol. The van der Waals surface area contributed by atoms with E-state index in [4.69, 9.17) is 0 Å². The monoisotopic (exact) mass is 325 g/mol. The highest BCUT2D eigenvalue weighted by atomic mass is 19.4. The van der Waals surface area contributed by atoms with Crippen molar-refractivity contribution in [3.63, 3.8) is 0 Å². The van der Waals surface area contributed by atoms with E-state index in [1.165, 1.54) is 24.3 Å². The normalized spacial score (nSPS) is 11.6. The Bertz CT molecular complexity index is 760. The highest BCUT2D eigenvalue weighted by Gasteiger charge is 2.33. The minimum Gasteiger partial charge on any atom is -0.502 e. The van der Waals surface area contributed by atoms with Gasteiger partial charge >= 0.3 is 11.9 Å². The Morgan fingerprint density at radius 1 is 1.22 bits per heavy atom. The molecule has 0 aliphatic rings. The van der Waals surface area contributed by atoms with Crippen molar-refractivity contribution in [2.24, 2.45) is 5.10 Å². The Hall–Kier alpha value is -3.10. The Labute approximate surface area is 128 Å². The van der Waals surface area contributed by atoms with E-state index in [0.717, 1.165) is 24.4 Å². The van der Waals surface area contributed by atoms with E-state index in [9.17, 15) is 28.4 Å². The van der Waals surface area contributed by atoms with Gasteiger partial charge in [-0.15, -0.1) is 0 Å². The molecule has 2 N–H and O–H groups in total. The van der Waals surface area contributed by atoms with Crippen LogP contribution in [0.15, 0.2) is 47.6 Å². The number of rotatable bonds is 4. The number of para-hydroxylation sites is 1. The number of nitro benzene ring substituents is 1. The summed E-state index contributed by atoms with van der Waals surface area (Å²) in [6.45, 7) is 0. The van der Waals surface area contributed by atoms with Gasteiger partial charge in [-0.2, -0.15) is 18.3 Å². The van der Waals surface area contributed by atoms with Crippen LogP contribution < -0.4 is 5.43 Å². The average molecular weight is 325 g/mol. The Morgan fingerprint density at radius 2 is 1.91 bits per heavy atom. The fraction of sp³-hybridized carbons (Fsp3) is 0.0714. The van der Waals surface area contributed by atoms with Crippen molar-refractivity contribution < 1.29 is 23.2 Å². The lowest BCUT2D eigenvalue weighted by Gasteiger charge is -2.11. The predicted octanol–water partition coefficient (Wildman–Crippen LogP) is 3.77. The first-order chi connectivity index (χ1) is 10.8. The number of anilines is 1. The third-order valence-electron chi connectivity index (χ3n) is 2.83. The lowest BCUT2D eigenvalue weighted by molar-refractivity contribution is -0.385. The number of alkyl halides is 3. The molecule has 0 fully saturated rings. The van der Waals surface area contributed by atoms with Crippen LogP contribution in [0.1, 0.15) is 11.1 Å². The van der Waals surface area contributed by atoms with E-state index >= 15 is 0 Å². The minimum atomic E-state index is -4.53. The zero-order valence-corrected chi connectivity index (χ0v) is 11.4. The molecule has 2 aromatic carbocycles. The van der Waals surface area contributed by atoms with Crippen molar-refractivity contribution in [3.8, 4) is 5.75 Å². The molecule has 0 aromatic heterocycles. The summed E-state index contributed by atoms with van der Waals surface area (Å²) in [5.74, 6) is -0.512. The van der Waals surface area contributed by atoms with Gasteiger partial charge in [0.2, 0.25) is 0 Å². The molecule has 2 rings (SSSR count). The molecule has 0 heterocycles. The second-order valence-electron chi connectivity index (χ2n) is 4.42. The van der Waals surface area contributed by atoms with Gasteiger partial charge < -0.3 is 5.11 Å². The van der Waals surface area contributed by atoms with Crippen molar-refractivity contribution in [1.29, 1.82) is 0 Å². The first-order valence-electron chi connectivity index (χ1n) is 6.22. The molecule has 0 saturated carbocycles. The number of hydrogen-bond acceptors (Lipinski definition) is 5. The maximum Gasteiger partial charge on any atom is 0.418 e. The number of benzene rings is 2. The van der Waals surface area contributed by atoms with Crippen molar-refractivity contribution >= 4 is 17.6 Å². The van der Waals surface area contributed by atoms with Crippen LogP contribution in [0.3, 0.4) is 0 Å². The summed E-state index contributed by atoms with van der Waals surface area (Å²) in [5.41, 5.74) is 0.841. The maximum absolute atomic E-state index is 12.8. The SMILES string of the molecule is O=[N+]([O-])c1cc(/C=N\Nc2ccccc2C(F)(F)F)ccc1O. The van der Waals surface area contributed by atoms with Gasteiger partial charge in [-0.1, -0.05) is 12.1 Å². The quantitative estimate of drug-likeness (QED) is 0.509. The molecule has 0 unspecified atom stereocenters. The van der Waals surface area contributed by atoms with Crippen LogP contribution in [0.2, 0.25) is 0 Å². The minimum absolute atomic E-state index is 0.242. The Balaban J connectivity index is 2.21. The van der Waals surface area contributed by atoms with Crippen molar-refractivity contribution in [2.75, 3.05) is 5.43 Å². The summed E-state index contributed by atoms with van der Waals surface area (Å²) in [6.07, 6.45) is -3.42. The fourth-order valence-electron chi connectivity index (χ4n) is 1.77. The first-order valence-corrected chi connectivity index (χ1v) is 6.22. The van der Waals surface area contributed by atoms with E-state index in [1.54, 1.807) is 0 Å². The second kappa shape index (κ2) is 6.34. The van der Waals surface area contributed by atoms with Crippen LogP contribution >= 0.6 is 0 Å². The van der Waals surface area contributed by atoms with Gasteiger partial charge in [0.1, 0.15) is 0 Å². The van der Waals surface area contributed by atoms with Gasteiger partial charge in [0.25, 0.3) is 0 Å². The Morgan fingerprint density at radius 3 is 2.57 bits per heavy atom. The number of aromatic hydroxyl groups is 1. The van der Waals surface area contributed by atoms with Crippen LogP contribution in [0.5, 0.6) is 5.75 Å². The largest absolute Gasteiger partial charge is 0.502 e. The summed E-state index contributed by atoms with van der Waals surface area (Å²) in [4.78, 5) is 9.91. The summed E-state index contributed by atoms with van der Waals surface area (Å²) in [7, 11) is 0. The van der Waals surface area contributed by atoms with Crippen LogP contribution in [-0.4, -0.2) is 16.2 Å². The topological polar surface area (TPSA) is 87.8 Å². The fourth-order valence-corrected chi connectivity index (χ4v) is 1.77. The molecule has 23 heavy (non-hydrogen) atoms. The molecule has 9 heteroatoms. The molecule has 0 aliphatic carbocycles. The molecule has 6 nitrogen and oxygen atoms in total. The molecule has 0 atom stereocenters. The zero-order valence-electron chi connectivity index (χ0n) is 11.4. The molecule has 0 aliphatic heterocycles. The van der Waals surface area contributed by atoms with Crippen LogP contribution in [0.25, 0.3) is 0 Å². The molecule has 120 valence electrons. The molecule has 0 radical (unpaired) electrons. The average Bonchev–Trinajstić information content (AvgIpc) is 2.48. The third-order valence-corrected chi connectivity index (χ3v) is 2.83. The van der Waals surface area contributed by atoms with Gasteiger partial charge in [0, 0.05) is 11.6 Å². The summed E-state index contributed by atoms with van der Waals surface area (Å²) in [6, 6.07) is 8.27. The van der Waals surface area contributed by atoms with Crippen molar-refractivity contribution in [1.82, 2.24) is 0 Å². The Kier molecular flexibility index (Phi) is 4.49. The lowest BCUT2D eigenvalue weighted by Crippen LogP contribution is -2.08. The van der Waals surface area contributed by atoms with Gasteiger partial charge in [0.05, 0.1) is 22.4 Å². The van der Waals surface area contributed by atoms with Gasteiger partial charge in [-0.05, 0) is 24.3 Å². The number of nitro groups is 1. The van der Waals surface area contributed by atoms with Crippen molar-refractivity contribution in [3.05, 3.63) is 63.7 Å². The number of phenols is 1. The van der Waals surface area contributed by atoms with Crippen LogP contribution in [-0.2, 0) is 6.18 Å².